The number of hydrogen-bond donors (Lipinski definition) is 2. The first kappa shape index (κ1) is 18.7. The van der Waals surface area contributed by atoms with Crippen LogP contribution in [-0.4, -0.2) is 18.1 Å². The summed E-state index contributed by atoms with van der Waals surface area (Å²) in [6.45, 7) is 0. The van der Waals surface area contributed by atoms with Crippen LogP contribution in [0.3, 0.4) is 0 Å². The van der Waals surface area contributed by atoms with E-state index >= 15 is 0 Å². The van der Waals surface area contributed by atoms with E-state index in [1.807, 2.05) is 48.7 Å². The molecule has 0 fully saturated rings. The van der Waals surface area contributed by atoms with Gasteiger partial charge >= 0.3 is 6.03 Å². The van der Waals surface area contributed by atoms with Crippen LogP contribution in [0.5, 0.6) is 5.75 Å². The molecule has 29 heavy (non-hydrogen) atoms. The second kappa shape index (κ2) is 8.58. The Morgan fingerprint density at radius 3 is 2.07 bits per heavy atom. The number of carbonyl (C=O) groups is 1. The third-order valence-corrected chi connectivity index (χ3v) is 5.40. The maximum absolute atomic E-state index is 12.2. The van der Waals surface area contributed by atoms with Crippen molar-refractivity contribution in [3.8, 4) is 26.8 Å². The average Bonchev–Trinajstić information content (AvgIpc) is 3.26. The first-order valence-electron chi connectivity index (χ1n) is 9.05. The SMILES string of the molecule is COc1ccc(NC(=O)Nc2ccc(-c3cnc(-c4ccccc4)s3)cc2)cc1. The summed E-state index contributed by atoms with van der Waals surface area (Å²) in [6, 6.07) is 24.7. The van der Waals surface area contributed by atoms with Gasteiger partial charge in [0.15, 0.2) is 0 Å². The number of amides is 2. The highest BCUT2D eigenvalue weighted by atomic mass is 32.1. The minimum Gasteiger partial charge on any atom is -0.497 e. The van der Waals surface area contributed by atoms with E-state index in [-0.39, 0.29) is 6.03 Å². The molecular formula is C23H19N3O2S. The fourth-order valence-corrected chi connectivity index (χ4v) is 3.73. The highest BCUT2D eigenvalue weighted by Crippen LogP contribution is 2.32. The van der Waals surface area contributed by atoms with E-state index in [4.69, 9.17) is 4.74 Å². The highest BCUT2D eigenvalue weighted by Gasteiger charge is 2.07. The number of hydrogen-bond acceptors (Lipinski definition) is 4. The quantitative estimate of drug-likeness (QED) is 0.423. The molecule has 5 nitrogen and oxygen atoms in total. The molecule has 0 saturated heterocycles. The number of carbonyl (C=O) groups excluding carboxylic acids is 1. The largest absolute Gasteiger partial charge is 0.497 e. The molecule has 0 aliphatic carbocycles. The van der Waals surface area contributed by atoms with E-state index < -0.39 is 0 Å². The van der Waals surface area contributed by atoms with Crippen LogP contribution in [0.2, 0.25) is 0 Å². The number of nitrogens with one attached hydrogen (secondary N) is 2. The van der Waals surface area contributed by atoms with Crippen LogP contribution in [0, 0.1) is 0 Å². The second-order valence-electron chi connectivity index (χ2n) is 6.28. The van der Waals surface area contributed by atoms with Crippen molar-refractivity contribution in [2.45, 2.75) is 0 Å². The van der Waals surface area contributed by atoms with Gasteiger partial charge in [0, 0.05) is 23.1 Å². The van der Waals surface area contributed by atoms with Gasteiger partial charge in [0.25, 0.3) is 0 Å². The van der Waals surface area contributed by atoms with Crippen molar-refractivity contribution < 1.29 is 9.53 Å². The van der Waals surface area contributed by atoms with Gasteiger partial charge in [-0.1, -0.05) is 42.5 Å². The van der Waals surface area contributed by atoms with Crippen LogP contribution in [0.1, 0.15) is 0 Å². The van der Waals surface area contributed by atoms with Crippen LogP contribution >= 0.6 is 11.3 Å². The van der Waals surface area contributed by atoms with E-state index in [0.717, 1.165) is 26.8 Å². The normalized spacial score (nSPS) is 10.4. The number of aromatic nitrogens is 1. The van der Waals surface area contributed by atoms with Crippen LogP contribution in [0.25, 0.3) is 21.0 Å². The molecule has 4 rings (SSSR count). The summed E-state index contributed by atoms with van der Waals surface area (Å²) in [6.07, 6.45) is 1.88. The third-order valence-electron chi connectivity index (χ3n) is 4.30. The Labute approximate surface area is 173 Å². The first-order valence-corrected chi connectivity index (χ1v) is 9.87. The zero-order valence-electron chi connectivity index (χ0n) is 15.8. The maximum Gasteiger partial charge on any atom is 0.323 e. The molecule has 0 saturated carbocycles. The van der Waals surface area contributed by atoms with E-state index in [9.17, 15) is 4.79 Å². The molecule has 0 atom stereocenters. The average molecular weight is 401 g/mol. The minimum absolute atomic E-state index is 0.299. The van der Waals surface area contributed by atoms with E-state index in [0.29, 0.717) is 11.4 Å². The number of rotatable bonds is 5. The second-order valence-corrected chi connectivity index (χ2v) is 7.31. The van der Waals surface area contributed by atoms with E-state index in [1.165, 1.54) is 0 Å². The molecule has 0 bridgehead atoms. The Morgan fingerprint density at radius 2 is 1.45 bits per heavy atom. The Kier molecular flexibility index (Phi) is 5.54. The lowest BCUT2D eigenvalue weighted by Gasteiger charge is -2.08. The summed E-state index contributed by atoms with van der Waals surface area (Å²) in [7, 11) is 1.60. The van der Waals surface area contributed by atoms with Gasteiger partial charge in [0.2, 0.25) is 0 Å². The molecular weight excluding hydrogens is 382 g/mol. The summed E-state index contributed by atoms with van der Waals surface area (Å²) in [5, 5.41) is 6.62. The van der Waals surface area contributed by atoms with Gasteiger partial charge in [-0.25, -0.2) is 9.78 Å². The first-order chi connectivity index (χ1) is 14.2. The summed E-state index contributed by atoms with van der Waals surface area (Å²) < 4.78 is 5.11. The predicted molar refractivity (Wildman–Crippen MR) is 119 cm³/mol. The molecule has 0 radical (unpaired) electrons. The van der Waals surface area contributed by atoms with Crippen LogP contribution < -0.4 is 15.4 Å². The van der Waals surface area contributed by atoms with Gasteiger partial charge in [-0.3, -0.25) is 0 Å². The zero-order valence-corrected chi connectivity index (χ0v) is 16.6. The topological polar surface area (TPSA) is 63.2 Å². The van der Waals surface area contributed by atoms with Crippen LogP contribution in [-0.2, 0) is 0 Å². The lowest BCUT2D eigenvalue weighted by atomic mass is 10.2. The minimum atomic E-state index is -0.299. The van der Waals surface area contributed by atoms with Crippen molar-refractivity contribution in [3.63, 3.8) is 0 Å². The Balaban J connectivity index is 1.40. The van der Waals surface area contributed by atoms with Gasteiger partial charge in [0.05, 0.1) is 12.0 Å². The number of urea groups is 1. The van der Waals surface area contributed by atoms with Crippen molar-refractivity contribution in [2.75, 3.05) is 17.7 Å². The monoisotopic (exact) mass is 401 g/mol. The fraction of sp³-hybridized carbons (Fsp3) is 0.0435. The van der Waals surface area contributed by atoms with E-state index in [1.54, 1.807) is 42.7 Å². The van der Waals surface area contributed by atoms with Crippen LogP contribution in [0.15, 0.2) is 85.1 Å². The van der Waals surface area contributed by atoms with Gasteiger partial charge in [0.1, 0.15) is 10.8 Å². The number of nitrogens with zero attached hydrogens (tertiary/aromatic N) is 1. The van der Waals surface area contributed by atoms with Crippen molar-refractivity contribution in [1.82, 2.24) is 4.98 Å². The zero-order chi connectivity index (χ0) is 20.1. The molecule has 6 heteroatoms. The van der Waals surface area contributed by atoms with Crippen molar-refractivity contribution >= 4 is 28.7 Å². The summed E-state index contributed by atoms with van der Waals surface area (Å²) in [5.41, 5.74) is 3.58. The highest BCUT2D eigenvalue weighted by molar-refractivity contribution is 7.18. The summed E-state index contributed by atoms with van der Waals surface area (Å²) >= 11 is 1.64. The van der Waals surface area contributed by atoms with E-state index in [2.05, 4.69) is 27.8 Å². The summed E-state index contributed by atoms with van der Waals surface area (Å²) in [5.74, 6) is 0.741. The van der Waals surface area contributed by atoms with Crippen molar-refractivity contribution in [1.29, 1.82) is 0 Å². The number of thiazole rings is 1. The lowest BCUT2D eigenvalue weighted by Crippen LogP contribution is -2.19. The molecule has 0 aliphatic rings. The lowest BCUT2D eigenvalue weighted by molar-refractivity contribution is 0.262. The van der Waals surface area contributed by atoms with Gasteiger partial charge in [-0.15, -0.1) is 11.3 Å². The third kappa shape index (κ3) is 4.62. The molecule has 1 aromatic heterocycles. The molecule has 144 valence electrons. The maximum atomic E-state index is 12.2. The molecule has 4 aromatic rings. The molecule has 1 heterocycles. The molecule has 2 N–H and O–H groups in total. The standard InChI is InChI=1S/C23H19N3O2S/c1-28-20-13-11-19(12-14-20)26-23(27)25-18-9-7-16(8-10-18)21-15-24-22(29-21)17-5-3-2-4-6-17/h2-15H,1H3,(H2,25,26,27). The predicted octanol–water partition coefficient (Wildman–Crippen LogP) is 6.13. The number of ether oxygens (including phenoxy) is 1. The van der Waals surface area contributed by atoms with Gasteiger partial charge in [-0.2, -0.15) is 0 Å². The molecule has 2 amide bonds. The molecule has 3 aromatic carbocycles. The Morgan fingerprint density at radius 1 is 0.828 bits per heavy atom. The number of benzene rings is 3. The Bertz CT molecular complexity index is 1090. The smallest absolute Gasteiger partial charge is 0.323 e. The Hall–Kier alpha value is -3.64. The summed E-state index contributed by atoms with van der Waals surface area (Å²) in [4.78, 5) is 17.8. The number of methoxy groups -OCH3 is 1. The van der Waals surface area contributed by atoms with Crippen molar-refractivity contribution in [2.24, 2.45) is 0 Å². The number of anilines is 2. The molecule has 0 unspecified atom stereocenters. The molecule has 0 spiro atoms. The van der Waals surface area contributed by atoms with Crippen molar-refractivity contribution in [3.05, 3.63) is 85.1 Å². The molecule has 0 aliphatic heterocycles. The van der Waals surface area contributed by atoms with Crippen LogP contribution in [0.4, 0.5) is 16.2 Å². The van der Waals surface area contributed by atoms with Gasteiger partial charge < -0.3 is 15.4 Å². The van der Waals surface area contributed by atoms with Gasteiger partial charge in [-0.05, 0) is 42.0 Å². The fourth-order valence-electron chi connectivity index (χ4n) is 2.81.